The summed E-state index contributed by atoms with van der Waals surface area (Å²) in [5.74, 6) is 0.100. The monoisotopic (exact) mass is 239 g/mol. The van der Waals surface area contributed by atoms with Gasteiger partial charge < -0.3 is 16.0 Å². The molecule has 3 N–H and O–H groups in total. The van der Waals surface area contributed by atoms with E-state index in [2.05, 4.69) is 16.0 Å². The zero-order chi connectivity index (χ0) is 12.1. The minimum atomic E-state index is -0.0379. The van der Waals surface area contributed by atoms with Crippen molar-refractivity contribution in [1.82, 2.24) is 16.0 Å². The molecule has 1 saturated heterocycles. The molecule has 0 spiro atoms. The Labute approximate surface area is 102 Å². The van der Waals surface area contributed by atoms with Crippen LogP contribution in [0, 0.1) is 5.92 Å². The second kappa shape index (κ2) is 6.00. The van der Waals surface area contributed by atoms with Crippen molar-refractivity contribution in [3.63, 3.8) is 0 Å². The smallest absolute Gasteiger partial charge is 0.224 e. The van der Waals surface area contributed by atoms with Crippen LogP contribution in [0.15, 0.2) is 0 Å². The van der Waals surface area contributed by atoms with E-state index < -0.39 is 0 Å². The normalized spacial score (nSPS) is 24.2. The Hall–Kier alpha value is -1.10. The predicted octanol–water partition coefficient (Wildman–Crippen LogP) is -0.229. The fraction of sp³-hybridized carbons (Fsp3) is 0.833. The number of amides is 2. The van der Waals surface area contributed by atoms with Gasteiger partial charge in [0.1, 0.15) is 0 Å². The molecule has 2 rings (SSSR count). The average Bonchev–Trinajstić information content (AvgIpc) is 3.13. The van der Waals surface area contributed by atoms with E-state index in [1.54, 1.807) is 0 Å². The van der Waals surface area contributed by atoms with E-state index in [9.17, 15) is 9.59 Å². The summed E-state index contributed by atoms with van der Waals surface area (Å²) in [6, 6.07) is 0.735. The van der Waals surface area contributed by atoms with Gasteiger partial charge >= 0.3 is 0 Å². The quantitative estimate of drug-likeness (QED) is 0.561. The molecule has 2 aliphatic rings. The van der Waals surface area contributed by atoms with Crippen molar-refractivity contribution in [2.45, 2.75) is 38.1 Å². The van der Waals surface area contributed by atoms with E-state index in [1.807, 2.05) is 0 Å². The van der Waals surface area contributed by atoms with Crippen LogP contribution < -0.4 is 16.0 Å². The van der Waals surface area contributed by atoms with Crippen molar-refractivity contribution in [3.8, 4) is 0 Å². The molecule has 0 aromatic heterocycles. The van der Waals surface area contributed by atoms with Crippen molar-refractivity contribution in [3.05, 3.63) is 0 Å². The van der Waals surface area contributed by atoms with Crippen molar-refractivity contribution < 1.29 is 9.59 Å². The molecule has 5 nitrogen and oxygen atoms in total. The molecule has 96 valence electrons. The lowest BCUT2D eigenvalue weighted by molar-refractivity contribution is -0.128. The topological polar surface area (TPSA) is 70.2 Å². The second-order valence-corrected chi connectivity index (χ2v) is 4.91. The van der Waals surface area contributed by atoms with Crippen LogP contribution in [0.4, 0.5) is 0 Å². The summed E-state index contributed by atoms with van der Waals surface area (Å²) < 4.78 is 0. The Morgan fingerprint density at radius 3 is 2.76 bits per heavy atom. The van der Waals surface area contributed by atoms with E-state index in [1.165, 1.54) is 12.8 Å². The molecular weight excluding hydrogens is 218 g/mol. The minimum Gasteiger partial charge on any atom is -0.356 e. The molecule has 0 bridgehead atoms. The lowest BCUT2D eigenvalue weighted by Gasteiger charge is -2.21. The predicted molar refractivity (Wildman–Crippen MR) is 64.4 cm³/mol. The van der Waals surface area contributed by atoms with Gasteiger partial charge in [-0.2, -0.15) is 0 Å². The van der Waals surface area contributed by atoms with E-state index in [4.69, 9.17) is 0 Å². The first-order valence-electron chi connectivity index (χ1n) is 6.53. The molecule has 1 unspecified atom stereocenters. The molecule has 0 aromatic rings. The van der Waals surface area contributed by atoms with Gasteiger partial charge in [-0.15, -0.1) is 0 Å². The lowest BCUT2D eigenvalue weighted by Crippen LogP contribution is -2.43. The van der Waals surface area contributed by atoms with Crippen LogP contribution >= 0.6 is 0 Å². The molecular formula is C12H21N3O2. The number of carbonyl (C=O) groups is 2. The Bertz CT molecular complexity index is 279. The number of hydrogen-bond donors (Lipinski definition) is 3. The van der Waals surface area contributed by atoms with Crippen molar-refractivity contribution >= 4 is 11.8 Å². The fourth-order valence-electron chi connectivity index (χ4n) is 1.99. The molecule has 1 aliphatic heterocycles. The van der Waals surface area contributed by atoms with Crippen LogP contribution in [-0.2, 0) is 9.59 Å². The third-order valence-electron chi connectivity index (χ3n) is 3.30. The molecule has 2 amide bonds. The Morgan fingerprint density at radius 2 is 2.12 bits per heavy atom. The molecule has 0 radical (unpaired) electrons. The molecule has 1 aliphatic carbocycles. The van der Waals surface area contributed by atoms with Crippen LogP contribution in [0.5, 0.6) is 0 Å². The fourth-order valence-corrected chi connectivity index (χ4v) is 1.99. The largest absolute Gasteiger partial charge is 0.356 e. The maximum absolute atomic E-state index is 11.7. The average molecular weight is 239 g/mol. The summed E-state index contributed by atoms with van der Waals surface area (Å²) in [6.07, 6.45) is 4.73. The molecule has 1 heterocycles. The zero-order valence-corrected chi connectivity index (χ0v) is 10.1. The van der Waals surface area contributed by atoms with Gasteiger partial charge in [-0.05, 0) is 32.2 Å². The molecule has 5 heteroatoms. The Morgan fingerprint density at radius 1 is 1.29 bits per heavy atom. The summed E-state index contributed by atoms with van der Waals surface area (Å²) in [4.78, 5) is 22.7. The highest BCUT2D eigenvalue weighted by Crippen LogP contribution is 2.18. The Balaban J connectivity index is 1.52. The van der Waals surface area contributed by atoms with Gasteiger partial charge in [-0.3, -0.25) is 9.59 Å². The number of nitrogens with one attached hydrogen (secondary N) is 3. The van der Waals surface area contributed by atoms with E-state index in [-0.39, 0.29) is 17.7 Å². The highest BCUT2D eigenvalue weighted by atomic mass is 16.2. The highest BCUT2D eigenvalue weighted by Gasteiger charge is 2.24. The zero-order valence-electron chi connectivity index (χ0n) is 10.1. The van der Waals surface area contributed by atoms with Crippen molar-refractivity contribution in [2.75, 3.05) is 19.6 Å². The van der Waals surface area contributed by atoms with Crippen LogP contribution in [0.2, 0.25) is 0 Å². The summed E-state index contributed by atoms with van der Waals surface area (Å²) in [5.41, 5.74) is 0. The van der Waals surface area contributed by atoms with Crippen LogP contribution in [0.1, 0.15) is 32.1 Å². The molecule has 1 atom stereocenters. The Kier molecular flexibility index (Phi) is 4.36. The summed E-state index contributed by atoms with van der Waals surface area (Å²) >= 11 is 0. The first-order valence-corrected chi connectivity index (χ1v) is 6.53. The number of hydrogen-bond acceptors (Lipinski definition) is 3. The van der Waals surface area contributed by atoms with Gasteiger partial charge in [-0.25, -0.2) is 0 Å². The van der Waals surface area contributed by atoms with Crippen LogP contribution in [0.25, 0.3) is 0 Å². The molecule has 2 fully saturated rings. The van der Waals surface area contributed by atoms with Gasteiger partial charge in [0.25, 0.3) is 0 Å². The lowest BCUT2D eigenvalue weighted by atomic mass is 9.98. The van der Waals surface area contributed by atoms with Gasteiger partial charge in [0.05, 0.1) is 5.92 Å². The minimum absolute atomic E-state index is 0.0379. The van der Waals surface area contributed by atoms with Gasteiger partial charge in [0.2, 0.25) is 11.8 Å². The summed E-state index contributed by atoms with van der Waals surface area (Å²) in [7, 11) is 0. The summed E-state index contributed by atoms with van der Waals surface area (Å²) in [5, 5.41) is 9.06. The molecule has 17 heavy (non-hydrogen) atoms. The van der Waals surface area contributed by atoms with Gasteiger partial charge in [0, 0.05) is 25.6 Å². The second-order valence-electron chi connectivity index (χ2n) is 4.91. The van der Waals surface area contributed by atoms with Crippen molar-refractivity contribution in [2.24, 2.45) is 5.92 Å². The standard InChI is InChI=1S/C12H21N3O2/c16-11-5-2-9(8-15-11)12(17)14-7-1-6-13-10-3-4-10/h9-10,13H,1-8H2,(H,14,17)(H,15,16). The van der Waals surface area contributed by atoms with Gasteiger partial charge in [0.15, 0.2) is 0 Å². The molecule has 0 aromatic carbocycles. The third kappa shape index (κ3) is 4.34. The maximum atomic E-state index is 11.7. The van der Waals surface area contributed by atoms with Crippen LogP contribution in [-0.4, -0.2) is 37.5 Å². The van der Waals surface area contributed by atoms with Gasteiger partial charge in [-0.1, -0.05) is 0 Å². The maximum Gasteiger partial charge on any atom is 0.224 e. The van der Waals surface area contributed by atoms with E-state index in [0.29, 0.717) is 19.4 Å². The number of rotatable bonds is 6. The number of carbonyl (C=O) groups excluding carboxylic acids is 2. The first-order chi connectivity index (χ1) is 8.25. The third-order valence-corrected chi connectivity index (χ3v) is 3.30. The van der Waals surface area contributed by atoms with E-state index >= 15 is 0 Å². The molecule has 1 saturated carbocycles. The summed E-state index contributed by atoms with van der Waals surface area (Å²) in [6.45, 7) is 2.19. The highest BCUT2D eigenvalue weighted by molar-refractivity contribution is 5.83. The number of piperidine rings is 1. The SMILES string of the molecule is O=C1CCC(C(=O)NCCCNC2CC2)CN1. The van der Waals surface area contributed by atoms with E-state index in [0.717, 1.165) is 25.6 Å². The van der Waals surface area contributed by atoms with Crippen molar-refractivity contribution in [1.29, 1.82) is 0 Å². The first kappa shape index (κ1) is 12.4. The van der Waals surface area contributed by atoms with Crippen LogP contribution in [0.3, 0.4) is 0 Å².